The van der Waals surface area contributed by atoms with Crippen LogP contribution in [0.25, 0.3) is 0 Å². The van der Waals surface area contributed by atoms with Crippen molar-refractivity contribution in [3.05, 3.63) is 24.3 Å². The summed E-state index contributed by atoms with van der Waals surface area (Å²) in [5, 5.41) is 9.93. The zero-order chi connectivity index (χ0) is 9.80. The fourth-order valence-electron chi connectivity index (χ4n) is 2.14. The maximum Gasteiger partial charge on any atom is 0.0643 e. The molecule has 0 aliphatic heterocycles. The Hall–Kier alpha value is -0.960. The van der Waals surface area contributed by atoms with Gasteiger partial charge < -0.3 is 5.11 Å². The SMILES string of the molecule is OC1CCCCCC1c1cnccn1. The summed E-state index contributed by atoms with van der Waals surface area (Å²) in [7, 11) is 0. The van der Waals surface area contributed by atoms with E-state index in [4.69, 9.17) is 0 Å². The first-order valence-electron chi connectivity index (χ1n) is 5.32. The second-order valence-corrected chi connectivity index (χ2v) is 3.94. The second kappa shape index (κ2) is 4.51. The number of hydrogen-bond donors (Lipinski definition) is 1. The Kier molecular flexibility index (Phi) is 3.09. The minimum Gasteiger partial charge on any atom is -0.392 e. The van der Waals surface area contributed by atoms with Gasteiger partial charge in [0.2, 0.25) is 0 Å². The molecule has 1 aromatic rings. The molecule has 1 aromatic heterocycles. The number of aliphatic hydroxyl groups excluding tert-OH is 1. The molecule has 76 valence electrons. The smallest absolute Gasteiger partial charge is 0.0643 e. The molecule has 3 heteroatoms. The number of nitrogens with zero attached hydrogens (tertiary/aromatic N) is 2. The number of aromatic nitrogens is 2. The van der Waals surface area contributed by atoms with Crippen molar-refractivity contribution in [2.45, 2.75) is 44.1 Å². The molecular weight excluding hydrogens is 176 g/mol. The normalized spacial score (nSPS) is 28.4. The molecule has 0 saturated heterocycles. The van der Waals surface area contributed by atoms with Crippen LogP contribution >= 0.6 is 0 Å². The van der Waals surface area contributed by atoms with Crippen LogP contribution in [0.3, 0.4) is 0 Å². The predicted molar refractivity (Wildman–Crippen MR) is 53.9 cm³/mol. The van der Waals surface area contributed by atoms with Crippen molar-refractivity contribution in [1.82, 2.24) is 9.97 Å². The topological polar surface area (TPSA) is 46.0 Å². The Morgan fingerprint density at radius 3 is 2.79 bits per heavy atom. The molecule has 14 heavy (non-hydrogen) atoms. The molecule has 0 radical (unpaired) electrons. The van der Waals surface area contributed by atoms with Crippen molar-refractivity contribution >= 4 is 0 Å². The van der Waals surface area contributed by atoms with Gasteiger partial charge in [0.25, 0.3) is 0 Å². The minimum atomic E-state index is -0.228. The summed E-state index contributed by atoms with van der Waals surface area (Å²) in [6, 6.07) is 0. The summed E-state index contributed by atoms with van der Waals surface area (Å²) >= 11 is 0. The van der Waals surface area contributed by atoms with Gasteiger partial charge in [0.05, 0.1) is 11.8 Å². The van der Waals surface area contributed by atoms with Gasteiger partial charge in [-0.25, -0.2) is 0 Å². The van der Waals surface area contributed by atoms with Crippen molar-refractivity contribution in [2.75, 3.05) is 0 Å². The van der Waals surface area contributed by atoms with E-state index in [-0.39, 0.29) is 12.0 Å². The molecule has 3 nitrogen and oxygen atoms in total. The molecule has 1 saturated carbocycles. The highest BCUT2D eigenvalue weighted by atomic mass is 16.3. The van der Waals surface area contributed by atoms with E-state index in [0.29, 0.717) is 0 Å². The largest absolute Gasteiger partial charge is 0.392 e. The monoisotopic (exact) mass is 192 g/mol. The maximum atomic E-state index is 9.93. The zero-order valence-electron chi connectivity index (χ0n) is 8.26. The third kappa shape index (κ3) is 2.10. The number of hydrogen-bond acceptors (Lipinski definition) is 3. The maximum absolute atomic E-state index is 9.93. The summed E-state index contributed by atoms with van der Waals surface area (Å²) in [4.78, 5) is 8.32. The van der Waals surface area contributed by atoms with Crippen LogP contribution in [-0.4, -0.2) is 21.2 Å². The molecule has 2 atom stereocenters. The molecule has 0 spiro atoms. The third-order valence-electron chi connectivity index (χ3n) is 2.94. The quantitative estimate of drug-likeness (QED) is 0.691. The van der Waals surface area contributed by atoms with Crippen LogP contribution in [0.4, 0.5) is 0 Å². The van der Waals surface area contributed by atoms with E-state index in [9.17, 15) is 5.11 Å². The summed E-state index contributed by atoms with van der Waals surface area (Å²) in [5.74, 6) is 0.200. The van der Waals surface area contributed by atoms with Crippen LogP contribution in [0.5, 0.6) is 0 Å². The molecule has 0 aromatic carbocycles. The Morgan fingerprint density at radius 1 is 1.14 bits per heavy atom. The van der Waals surface area contributed by atoms with E-state index in [1.807, 2.05) is 0 Å². The van der Waals surface area contributed by atoms with Gasteiger partial charge in [0, 0.05) is 24.5 Å². The van der Waals surface area contributed by atoms with Crippen LogP contribution in [0.2, 0.25) is 0 Å². The van der Waals surface area contributed by atoms with Crippen LogP contribution in [0.1, 0.15) is 43.7 Å². The van der Waals surface area contributed by atoms with Gasteiger partial charge in [-0.15, -0.1) is 0 Å². The van der Waals surface area contributed by atoms with E-state index in [1.165, 1.54) is 12.8 Å². The van der Waals surface area contributed by atoms with Gasteiger partial charge in [-0.1, -0.05) is 19.3 Å². The van der Waals surface area contributed by atoms with Gasteiger partial charge in [0.15, 0.2) is 0 Å². The van der Waals surface area contributed by atoms with E-state index in [0.717, 1.165) is 25.0 Å². The number of rotatable bonds is 1. The summed E-state index contributed by atoms with van der Waals surface area (Å²) in [6.07, 6.45) is 10.4. The minimum absolute atomic E-state index is 0.200. The molecule has 1 aliphatic rings. The zero-order valence-corrected chi connectivity index (χ0v) is 8.26. The van der Waals surface area contributed by atoms with E-state index in [1.54, 1.807) is 18.6 Å². The molecule has 1 heterocycles. The lowest BCUT2D eigenvalue weighted by Gasteiger charge is -2.18. The van der Waals surface area contributed by atoms with E-state index >= 15 is 0 Å². The lowest BCUT2D eigenvalue weighted by atomic mass is 9.94. The fraction of sp³-hybridized carbons (Fsp3) is 0.636. The molecular formula is C11H16N2O. The first-order valence-corrected chi connectivity index (χ1v) is 5.32. The van der Waals surface area contributed by atoms with Crippen molar-refractivity contribution in [3.63, 3.8) is 0 Å². The molecule has 1 fully saturated rings. The van der Waals surface area contributed by atoms with Gasteiger partial charge in [-0.2, -0.15) is 0 Å². The Balaban J connectivity index is 2.15. The van der Waals surface area contributed by atoms with Gasteiger partial charge in [0.1, 0.15) is 0 Å². The Bertz CT molecular complexity index is 276. The first-order chi connectivity index (χ1) is 6.88. The van der Waals surface area contributed by atoms with Gasteiger partial charge >= 0.3 is 0 Å². The van der Waals surface area contributed by atoms with Crippen molar-refractivity contribution in [1.29, 1.82) is 0 Å². The van der Waals surface area contributed by atoms with Gasteiger partial charge in [-0.3, -0.25) is 9.97 Å². The van der Waals surface area contributed by atoms with Crippen LogP contribution < -0.4 is 0 Å². The van der Waals surface area contributed by atoms with Crippen LogP contribution in [0.15, 0.2) is 18.6 Å². The van der Waals surface area contributed by atoms with E-state index < -0.39 is 0 Å². The standard InChI is InChI=1S/C11H16N2O/c14-11-5-3-1-2-4-9(11)10-8-12-6-7-13-10/h6-9,11,14H,1-5H2. The van der Waals surface area contributed by atoms with Crippen molar-refractivity contribution in [2.24, 2.45) is 0 Å². The van der Waals surface area contributed by atoms with Crippen molar-refractivity contribution < 1.29 is 5.11 Å². The molecule has 1 aliphatic carbocycles. The second-order valence-electron chi connectivity index (χ2n) is 3.94. The summed E-state index contributed by atoms with van der Waals surface area (Å²) < 4.78 is 0. The van der Waals surface area contributed by atoms with Crippen molar-refractivity contribution in [3.8, 4) is 0 Å². The predicted octanol–water partition coefficient (Wildman–Crippen LogP) is 1.89. The molecule has 2 unspecified atom stereocenters. The average Bonchev–Trinajstić information content (AvgIpc) is 2.44. The Morgan fingerprint density at radius 2 is 2.00 bits per heavy atom. The summed E-state index contributed by atoms with van der Waals surface area (Å²) in [6.45, 7) is 0. The highest BCUT2D eigenvalue weighted by molar-refractivity contribution is 5.06. The Labute approximate surface area is 84.2 Å². The van der Waals surface area contributed by atoms with Crippen LogP contribution in [0, 0.1) is 0 Å². The molecule has 2 rings (SSSR count). The molecule has 1 N–H and O–H groups in total. The highest BCUT2D eigenvalue weighted by Gasteiger charge is 2.24. The highest BCUT2D eigenvalue weighted by Crippen LogP contribution is 2.30. The molecule has 0 bridgehead atoms. The summed E-state index contributed by atoms with van der Waals surface area (Å²) in [5.41, 5.74) is 0.946. The van der Waals surface area contributed by atoms with Gasteiger partial charge in [-0.05, 0) is 12.8 Å². The molecule has 0 amide bonds. The number of aliphatic hydroxyl groups is 1. The fourth-order valence-corrected chi connectivity index (χ4v) is 2.14. The van der Waals surface area contributed by atoms with Crippen LogP contribution in [-0.2, 0) is 0 Å². The van der Waals surface area contributed by atoms with E-state index in [2.05, 4.69) is 9.97 Å². The lowest BCUT2D eigenvalue weighted by molar-refractivity contribution is 0.133. The lowest BCUT2D eigenvalue weighted by Crippen LogP contribution is -2.18. The third-order valence-corrected chi connectivity index (χ3v) is 2.94. The first kappa shape index (κ1) is 9.59. The average molecular weight is 192 g/mol.